The van der Waals surface area contributed by atoms with Gasteiger partial charge in [0.1, 0.15) is 5.82 Å². The van der Waals surface area contributed by atoms with Gasteiger partial charge in [-0.1, -0.05) is 18.2 Å². The molecule has 0 radical (unpaired) electrons. The molecule has 0 bridgehead atoms. The smallest absolute Gasteiger partial charge is 0.241 e. The predicted octanol–water partition coefficient (Wildman–Crippen LogP) is 2.79. The third-order valence-electron chi connectivity index (χ3n) is 4.54. The molecule has 1 aliphatic rings. The summed E-state index contributed by atoms with van der Waals surface area (Å²) in [6.07, 6.45) is 0. The number of piperazine rings is 1. The van der Waals surface area contributed by atoms with Crippen LogP contribution in [0.4, 0.5) is 15.8 Å². The number of carbonyl (C=O) groups excluding carboxylic acids is 2. The van der Waals surface area contributed by atoms with Gasteiger partial charge in [0.15, 0.2) is 5.78 Å². The van der Waals surface area contributed by atoms with Gasteiger partial charge in [-0.05, 0) is 37.3 Å². The Hall–Kier alpha value is -2.89. The fourth-order valence-electron chi connectivity index (χ4n) is 3.02. The van der Waals surface area contributed by atoms with Gasteiger partial charge in [0.05, 0.1) is 12.2 Å². The molecule has 0 unspecified atom stereocenters. The van der Waals surface area contributed by atoms with Crippen molar-refractivity contribution >= 4 is 23.1 Å². The minimum atomic E-state index is -0.400. The molecule has 0 spiro atoms. The van der Waals surface area contributed by atoms with Gasteiger partial charge in [-0.3, -0.25) is 9.59 Å². The van der Waals surface area contributed by atoms with Crippen molar-refractivity contribution in [2.45, 2.75) is 6.92 Å². The van der Waals surface area contributed by atoms with E-state index in [-0.39, 0.29) is 18.2 Å². The van der Waals surface area contributed by atoms with Crippen molar-refractivity contribution in [1.29, 1.82) is 0 Å². The maximum Gasteiger partial charge on any atom is 0.241 e. The Bertz CT molecular complexity index is 787. The lowest BCUT2D eigenvalue weighted by molar-refractivity contribution is -0.129. The molecule has 3 rings (SSSR count). The van der Waals surface area contributed by atoms with Gasteiger partial charge in [0.2, 0.25) is 5.91 Å². The number of para-hydroxylation sites is 1. The Kier molecular flexibility index (Phi) is 5.51. The molecule has 6 heteroatoms. The normalized spacial score (nSPS) is 14.2. The Labute approximate surface area is 152 Å². The molecule has 1 N–H and O–H groups in total. The van der Waals surface area contributed by atoms with Crippen LogP contribution in [-0.2, 0) is 4.79 Å². The standard InChI is InChI=1S/C20H22FN3O2/c1-15(25)16-7-8-19(18(21)13-16)23-9-11-24(12-10-23)20(26)14-22-17-5-3-2-4-6-17/h2-8,13,22H,9-12,14H2,1H3. The van der Waals surface area contributed by atoms with Gasteiger partial charge in [0.25, 0.3) is 0 Å². The summed E-state index contributed by atoms with van der Waals surface area (Å²) in [6.45, 7) is 3.88. The molecule has 1 fully saturated rings. The highest BCUT2D eigenvalue weighted by Gasteiger charge is 2.23. The number of nitrogens with zero attached hydrogens (tertiary/aromatic N) is 2. The van der Waals surface area contributed by atoms with Crippen LogP contribution in [0.15, 0.2) is 48.5 Å². The Morgan fingerprint density at radius 1 is 1.04 bits per heavy atom. The molecule has 1 heterocycles. The highest BCUT2D eigenvalue weighted by Crippen LogP contribution is 2.22. The minimum absolute atomic E-state index is 0.0286. The van der Waals surface area contributed by atoms with Crippen LogP contribution in [0.25, 0.3) is 0 Å². The predicted molar refractivity (Wildman–Crippen MR) is 100 cm³/mol. The summed E-state index contributed by atoms with van der Waals surface area (Å²) < 4.78 is 14.3. The van der Waals surface area contributed by atoms with E-state index in [2.05, 4.69) is 5.32 Å². The number of halogens is 1. The molecule has 1 aliphatic heterocycles. The van der Waals surface area contributed by atoms with E-state index >= 15 is 0 Å². The van der Waals surface area contributed by atoms with E-state index < -0.39 is 5.82 Å². The van der Waals surface area contributed by atoms with Crippen molar-refractivity contribution in [2.24, 2.45) is 0 Å². The fraction of sp³-hybridized carbons (Fsp3) is 0.300. The third-order valence-corrected chi connectivity index (χ3v) is 4.54. The van der Waals surface area contributed by atoms with Crippen LogP contribution in [0.2, 0.25) is 0 Å². The van der Waals surface area contributed by atoms with Crippen LogP contribution < -0.4 is 10.2 Å². The van der Waals surface area contributed by atoms with Gasteiger partial charge < -0.3 is 15.1 Å². The van der Waals surface area contributed by atoms with E-state index in [1.165, 1.54) is 13.0 Å². The molecule has 26 heavy (non-hydrogen) atoms. The van der Waals surface area contributed by atoms with Gasteiger partial charge >= 0.3 is 0 Å². The largest absolute Gasteiger partial charge is 0.376 e. The number of amides is 1. The first-order valence-electron chi connectivity index (χ1n) is 8.67. The molecule has 1 saturated heterocycles. The Morgan fingerprint density at radius 3 is 2.35 bits per heavy atom. The number of rotatable bonds is 5. The van der Waals surface area contributed by atoms with Crippen molar-refractivity contribution in [2.75, 3.05) is 42.9 Å². The molecule has 2 aromatic rings. The summed E-state index contributed by atoms with van der Waals surface area (Å²) in [5.41, 5.74) is 1.75. The zero-order valence-corrected chi connectivity index (χ0v) is 14.7. The van der Waals surface area contributed by atoms with Crippen LogP contribution in [0.5, 0.6) is 0 Å². The van der Waals surface area contributed by atoms with E-state index in [0.717, 1.165) is 5.69 Å². The first-order chi connectivity index (χ1) is 12.5. The number of benzene rings is 2. The van der Waals surface area contributed by atoms with Crippen LogP contribution in [0, 0.1) is 5.82 Å². The maximum absolute atomic E-state index is 14.3. The lowest BCUT2D eigenvalue weighted by Crippen LogP contribution is -2.50. The van der Waals surface area contributed by atoms with E-state index in [0.29, 0.717) is 37.4 Å². The molecule has 0 aliphatic carbocycles. The van der Waals surface area contributed by atoms with Crippen molar-refractivity contribution in [3.63, 3.8) is 0 Å². The molecular weight excluding hydrogens is 333 g/mol. The second-order valence-electron chi connectivity index (χ2n) is 6.31. The van der Waals surface area contributed by atoms with Crippen molar-refractivity contribution < 1.29 is 14.0 Å². The van der Waals surface area contributed by atoms with E-state index in [1.54, 1.807) is 17.0 Å². The van der Waals surface area contributed by atoms with Crippen LogP contribution >= 0.6 is 0 Å². The van der Waals surface area contributed by atoms with Gasteiger partial charge in [-0.2, -0.15) is 0 Å². The maximum atomic E-state index is 14.3. The number of hydrogen-bond donors (Lipinski definition) is 1. The zero-order valence-electron chi connectivity index (χ0n) is 14.7. The zero-order chi connectivity index (χ0) is 18.5. The highest BCUT2D eigenvalue weighted by molar-refractivity contribution is 5.94. The number of anilines is 2. The number of hydrogen-bond acceptors (Lipinski definition) is 4. The average molecular weight is 355 g/mol. The summed E-state index contributed by atoms with van der Waals surface area (Å²) >= 11 is 0. The van der Waals surface area contributed by atoms with E-state index in [9.17, 15) is 14.0 Å². The van der Waals surface area contributed by atoms with Crippen LogP contribution in [-0.4, -0.2) is 49.3 Å². The first-order valence-corrected chi connectivity index (χ1v) is 8.67. The second-order valence-corrected chi connectivity index (χ2v) is 6.31. The van der Waals surface area contributed by atoms with Crippen molar-refractivity contribution in [3.8, 4) is 0 Å². The minimum Gasteiger partial charge on any atom is -0.376 e. The molecule has 0 aromatic heterocycles. The Balaban J connectivity index is 1.54. The van der Waals surface area contributed by atoms with Crippen LogP contribution in [0.3, 0.4) is 0 Å². The fourth-order valence-corrected chi connectivity index (χ4v) is 3.02. The SMILES string of the molecule is CC(=O)c1ccc(N2CCN(C(=O)CNc3ccccc3)CC2)c(F)c1. The molecule has 136 valence electrons. The second kappa shape index (κ2) is 7.99. The highest BCUT2D eigenvalue weighted by atomic mass is 19.1. The number of ketones is 1. The number of carbonyl (C=O) groups is 2. The summed E-state index contributed by atoms with van der Waals surface area (Å²) in [6, 6.07) is 14.1. The molecule has 5 nitrogen and oxygen atoms in total. The number of Topliss-reactive ketones (excluding diaryl/α,β-unsaturated/α-hetero) is 1. The monoisotopic (exact) mass is 355 g/mol. The summed E-state index contributed by atoms with van der Waals surface area (Å²) in [5.74, 6) is -0.527. The summed E-state index contributed by atoms with van der Waals surface area (Å²) in [4.78, 5) is 27.4. The molecule has 0 atom stereocenters. The van der Waals surface area contributed by atoms with Crippen LogP contribution in [0.1, 0.15) is 17.3 Å². The van der Waals surface area contributed by atoms with Gasteiger partial charge in [0, 0.05) is 37.4 Å². The lowest BCUT2D eigenvalue weighted by Gasteiger charge is -2.36. The van der Waals surface area contributed by atoms with Gasteiger partial charge in [-0.25, -0.2) is 4.39 Å². The first kappa shape index (κ1) is 17.9. The van der Waals surface area contributed by atoms with Crippen molar-refractivity contribution in [1.82, 2.24) is 4.90 Å². The summed E-state index contributed by atoms with van der Waals surface area (Å²) in [5, 5.41) is 3.11. The van der Waals surface area contributed by atoms with Gasteiger partial charge in [-0.15, -0.1) is 0 Å². The van der Waals surface area contributed by atoms with Crippen molar-refractivity contribution in [3.05, 3.63) is 59.9 Å². The summed E-state index contributed by atoms with van der Waals surface area (Å²) in [7, 11) is 0. The Morgan fingerprint density at radius 2 is 1.73 bits per heavy atom. The lowest BCUT2D eigenvalue weighted by atomic mass is 10.1. The third kappa shape index (κ3) is 4.20. The molecule has 0 saturated carbocycles. The van der Waals surface area contributed by atoms with E-state index in [1.807, 2.05) is 35.2 Å². The molecule has 2 aromatic carbocycles. The quantitative estimate of drug-likeness (QED) is 0.838. The molecule has 1 amide bonds. The van der Waals surface area contributed by atoms with E-state index in [4.69, 9.17) is 0 Å². The number of nitrogens with one attached hydrogen (secondary N) is 1. The average Bonchev–Trinajstić information content (AvgIpc) is 2.67. The topological polar surface area (TPSA) is 52.7 Å². The molecular formula is C20H22FN3O2.